The normalized spacial score (nSPS) is 12.5. The fourth-order valence-electron chi connectivity index (χ4n) is 2.03. The summed E-state index contributed by atoms with van der Waals surface area (Å²) in [6.45, 7) is 5.24. The van der Waals surface area contributed by atoms with Crippen LogP contribution < -0.4 is 0 Å². The van der Waals surface area contributed by atoms with Crippen molar-refractivity contribution in [2.75, 3.05) is 13.7 Å². The summed E-state index contributed by atoms with van der Waals surface area (Å²) in [5.41, 5.74) is -0.407. The van der Waals surface area contributed by atoms with Gasteiger partial charge < -0.3 is 14.6 Å². The monoisotopic (exact) mass is 320 g/mol. The van der Waals surface area contributed by atoms with Crippen molar-refractivity contribution >= 4 is 17.5 Å². The molecule has 0 aliphatic heterocycles. The number of methoxy groups -OCH3 is 1. The number of Topliss-reactive ketones (excluding diaryl/α,β-unsaturated/α-hetero) is 1. The molecule has 0 bridgehead atoms. The van der Waals surface area contributed by atoms with Crippen LogP contribution in [0.15, 0.2) is 35.9 Å². The van der Waals surface area contributed by atoms with Gasteiger partial charge in [-0.1, -0.05) is 30.3 Å². The van der Waals surface area contributed by atoms with E-state index in [0.717, 1.165) is 0 Å². The van der Waals surface area contributed by atoms with E-state index in [2.05, 4.69) is 0 Å². The van der Waals surface area contributed by atoms with Gasteiger partial charge in [-0.15, -0.1) is 0 Å². The van der Waals surface area contributed by atoms with E-state index in [0.29, 0.717) is 5.56 Å². The first-order valence-electron chi connectivity index (χ1n) is 7.56. The van der Waals surface area contributed by atoms with Crippen LogP contribution in [0.3, 0.4) is 0 Å². The van der Waals surface area contributed by atoms with Gasteiger partial charge in [-0.05, 0) is 27.2 Å². The highest BCUT2D eigenvalue weighted by molar-refractivity contribution is 6.06. The third kappa shape index (κ3) is 5.21. The van der Waals surface area contributed by atoms with E-state index in [1.165, 1.54) is 7.11 Å². The lowest BCUT2D eigenvalue weighted by atomic mass is 9.91. The number of hydrogen-bond acceptors (Lipinski definition) is 5. The van der Waals surface area contributed by atoms with Gasteiger partial charge >= 0.3 is 5.97 Å². The summed E-state index contributed by atoms with van der Waals surface area (Å²) in [4.78, 5) is 24.3. The molecular formula is C18H24O5. The molecule has 5 nitrogen and oxygen atoms in total. The van der Waals surface area contributed by atoms with Crippen molar-refractivity contribution in [3.05, 3.63) is 41.5 Å². The third-order valence-electron chi connectivity index (χ3n) is 3.55. The van der Waals surface area contributed by atoms with Crippen LogP contribution in [-0.2, 0) is 19.1 Å². The van der Waals surface area contributed by atoms with Gasteiger partial charge in [0.1, 0.15) is 11.4 Å². The molecule has 0 unspecified atom stereocenters. The molecule has 5 heteroatoms. The summed E-state index contributed by atoms with van der Waals surface area (Å²) in [6.07, 6.45) is 0.108. The first kappa shape index (κ1) is 18.9. The molecule has 0 aromatic heterocycles. The van der Waals surface area contributed by atoms with E-state index in [-0.39, 0.29) is 36.6 Å². The second-order valence-corrected chi connectivity index (χ2v) is 5.54. The lowest BCUT2D eigenvalue weighted by molar-refractivity contribution is -0.143. The lowest BCUT2D eigenvalue weighted by Gasteiger charge is -2.23. The summed E-state index contributed by atoms with van der Waals surface area (Å²) >= 11 is 0. The van der Waals surface area contributed by atoms with Gasteiger partial charge in [-0.2, -0.15) is 0 Å². The van der Waals surface area contributed by atoms with E-state index in [1.807, 2.05) is 6.07 Å². The first-order chi connectivity index (χ1) is 10.8. The minimum absolute atomic E-state index is 0.0194. The van der Waals surface area contributed by atoms with Crippen LogP contribution in [0, 0.1) is 0 Å². The number of hydrogen-bond donors (Lipinski definition) is 1. The fourth-order valence-corrected chi connectivity index (χ4v) is 2.03. The summed E-state index contributed by atoms with van der Waals surface area (Å²) in [5.74, 6) is -0.899. The number of esters is 1. The van der Waals surface area contributed by atoms with Crippen LogP contribution in [-0.4, -0.2) is 36.2 Å². The Morgan fingerprint density at radius 3 is 2.26 bits per heavy atom. The Bertz CT molecular complexity index is 572. The van der Waals surface area contributed by atoms with Crippen molar-refractivity contribution in [3.63, 3.8) is 0 Å². The second-order valence-electron chi connectivity index (χ2n) is 5.54. The number of carbonyl (C=O) groups excluding carboxylic acids is 2. The van der Waals surface area contributed by atoms with Crippen LogP contribution in [0.4, 0.5) is 0 Å². The largest absolute Gasteiger partial charge is 0.507 e. The predicted octanol–water partition coefficient (Wildman–Crippen LogP) is 3.29. The Morgan fingerprint density at radius 1 is 1.13 bits per heavy atom. The van der Waals surface area contributed by atoms with Crippen LogP contribution in [0.2, 0.25) is 0 Å². The maximum atomic E-state index is 12.7. The molecule has 0 radical (unpaired) electrons. The van der Waals surface area contributed by atoms with Crippen LogP contribution in [0.1, 0.15) is 39.2 Å². The molecule has 0 saturated carbocycles. The van der Waals surface area contributed by atoms with Crippen molar-refractivity contribution in [1.29, 1.82) is 0 Å². The summed E-state index contributed by atoms with van der Waals surface area (Å²) in [5, 5.41) is 10.5. The Kier molecular flexibility index (Phi) is 6.97. The Balaban J connectivity index is 3.16. The lowest BCUT2D eigenvalue weighted by Crippen LogP contribution is -2.35. The highest BCUT2D eigenvalue weighted by atomic mass is 16.5. The van der Waals surface area contributed by atoms with Crippen molar-refractivity contribution < 1.29 is 24.2 Å². The minimum atomic E-state index is -1.09. The number of aliphatic hydroxyl groups excluding tert-OH is 1. The molecular weight excluding hydrogens is 296 g/mol. The number of aliphatic hydroxyl groups is 1. The van der Waals surface area contributed by atoms with Gasteiger partial charge in [0.2, 0.25) is 0 Å². The smallest absolute Gasteiger partial charge is 0.306 e. The van der Waals surface area contributed by atoms with Crippen molar-refractivity contribution in [3.8, 4) is 0 Å². The molecule has 23 heavy (non-hydrogen) atoms. The van der Waals surface area contributed by atoms with E-state index in [9.17, 15) is 14.7 Å². The Hall–Kier alpha value is -2.14. The van der Waals surface area contributed by atoms with E-state index >= 15 is 0 Å². The van der Waals surface area contributed by atoms with Gasteiger partial charge in [-0.25, -0.2) is 0 Å². The van der Waals surface area contributed by atoms with Gasteiger partial charge in [0.15, 0.2) is 5.78 Å². The van der Waals surface area contributed by atoms with Crippen molar-refractivity contribution in [2.45, 2.75) is 39.2 Å². The fraction of sp³-hybridized carbons (Fsp3) is 0.444. The number of rotatable bonds is 8. The number of benzene rings is 1. The Labute approximate surface area is 136 Å². The molecule has 0 aliphatic carbocycles. The molecule has 1 rings (SSSR count). The summed E-state index contributed by atoms with van der Waals surface area (Å²) in [6, 6.07) is 8.75. The number of ketones is 1. The van der Waals surface area contributed by atoms with Crippen LogP contribution in [0.25, 0.3) is 5.76 Å². The molecule has 0 aliphatic rings. The average molecular weight is 320 g/mol. The zero-order valence-electron chi connectivity index (χ0n) is 14.1. The highest BCUT2D eigenvalue weighted by Gasteiger charge is 2.32. The number of carbonyl (C=O) groups is 2. The highest BCUT2D eigenvalue weighted by Crippen LogP contribution is 2.26. The molecule has 1 N–H and O–H groups in total. The molecule has 0 saturated heterocycles. The van der Waals surface area contributed by atoms with Crippen LogP contribution in [0.5, 0.6) is 0 Å². The van der Waals surface area contributed by atoms with Crippen LogP contribution >= 0.6 is 0 Å². The maximum Gasteiger partial charge on any atom is 0.306 e. The van der Waals surface area contributed by atoms with Gasteiger partial charge in [0.25, 0.3) is 0 Å². The average Bonchev–Trinajstić information content (AvgIpc) is 2.55. The van der Waals surface area contributed by atoms with Gasteiger partial charge in [-0.3, -0.25) is 9.59 Å². The zero-order valence-corrected chi connectivity index (χ0v) is 14.1. The quantitative estimate of drug-likeness (QED) is 0.452. The van der Waals surface area contributed by atoms with E-state index < -0.39 is 11.6 Å². The van der Waals surface area contributed by atoms with E-state index in [4.69, 9.17) is 9.47 Å². The number of ether oxygens (including phenoxy) is 2. The van der Waals surface area contributed by atoms with E-state index in [1.54, 1.807) is 45.0 Å². The summed E-state index contributed by atoms with van der Waals surface area (Å²) < 4.78 is 10.1. The molecule has 1 aromatic rings. The zero-order chi connectivity index (χ0) is 17.5. The first-order valence-corrected chi connectivity index (χ1v) is 7.56. The molecule has 0 amide bonds. The molecule has 1 aromatic carbocycles. The third-order valence-corrected chi connectivity index (χ3v) is 3.55. The van der Waals surface area contributed by atoms with Gasteiger partial charge in [0.05, 0.1) is 6.61 Å². The molecule has 0 heterocycles. The molecule has 0 atom stereocenters. The minimum Gasteiger partial charge on any atom is -0.507 e. The second kappa shape index (κ2) is 8.48. The summed E-state index contributed by atoms with van der Waals surface area (Å²) in [7, 11) is 1.43. The van der Waals surface area contributed by atoms with Crippen molar-refractivity contribution in [1.82, 2.24) is 0 Å². The molecule has 0 spiro atoms. The predicted molar refractivity (Wildman–Crippen MR) is 88.0 cm³/mol. The van der Waals surface area contributed by atoms with Crippen molar-refractivity contribution in [2.24, 2.45) is 0 Å². The molecule has 0 fully saturated rings. The van der Waals surface area contributed by atoms with Gasteiger partial charge in [0, 0.05) is 24.7 Å². The maximum absolute atomic E-state index is 12.7. The topological polar surface area (TPSA) is 72.8 Å². The Morgan fingerprint density at radius 2 is 1.74 bits per heavy atom. The SMILES string of the molecule is CCOC(=O)CC/C(C(=O)C(C)(C)OC)=C(\O)c1ccccc1. The standard InChI is InChI=1S/C18H24O5/c1-5-23-15(19)12-11-14(17(21)18(2,3)22-4)16(20)13-9-7-6-8-10-13/h6-10,20H,5,11-12H2,1-4H3/b16-14+. The molecule has 126 valence electrons.